The number of benzene rings is 2. The van der Waals surface area contributed by atoms with Gasteiger partial charge in [0.2, 0.25) is 0 Å². The molecule has 2 aromatic rings. The second-order valence-electron chi connectivity index (χ2n) is 4.95. The number of hydrogen-bond acceptors (Lipinski definition) is 0. The van der Waals surface area contributed by atoms with Gasteiger partial charge in [0.05, 0.1) is 0 Å². The maximum Gasteiger partial charge on any atom is -0.0162 e. The van der Waals surface area contributed by atoms with Gasteiger partial charge < -0.3 is 0 Å². The molecule has 1 aliphatic rings. The Bertz CT molecular complexity index is 504. The number of rotatable bonds is 3. The predicted octanol–water partition coefficient (Wildman–Crippen LogP) is 4.79. The Labute approximate surface area is 103 Å². The van der Waals surface area contributed by atoms with Gasteiger partial charge in [0.15, 0.2) is 0 Å². The van der Waals surface area contributed by atoms with Crippen molar-refractivity contribution in [2.24, 2.45) is 0 Å². The molecule has 1 saturated carbocycles. The molecule has 0 aliphatic heterocycles. The zero-order chi connectivity index (χ0) is 11.7. The van der Waals surface area contributed by atoms with Crippen LogP contribution in [0, 0.1) is 0 Å². The van der Waals surface area contributed by atoms with Crippen molar-refractivity contribution < 1.29 is 0 Å². The van der Waals surface area contributed by atoms with Crippen molar-refractivity contribution in [3.63, 3.8) is 0 Å². The molecule has 0 saturated heterocycles. The van der Waals surface area contributed by atoms with Gasteiger partial charge in [0, 0.05) is 0 Å². The van der Waals surface area contributed by atoms with Crippen molar-refractivity contribution >= 4 is 0 Å². The zero-order valence-electron chi connectivity index (χ0n) is 10.3. The smallest absolute Gasteiger partial charge is 0.0162 e. The summed E-state index contributed by atoms with van der Waals surface area (Å²) in [5.41, 5.74) is 5.60. The van der Waals surface area contributed by atoms with Crippen LogP contribution >= 0.6 is 0 Å². The molecular formula is C17H18. The van der Waals surface area contributed by atoms with Crippen LogP contribution < -0.4 is 0 Å². The van der Waals surface area contributed by atoms with Crippen LogP contribution in [-0.4, -0.2) is 0 Å². The average Bonchev–Trinajstić information content (AvgIpc) is 3.23. The molecule has 1 fully saturated rings. The third-order valence-corrected chi connectivity index (χ3v) is 3.63. The fourth-order valence-corrected chi connectivity index (χ4v) is 2.34. The molecule has 0 atom stereocenters. The van der Waals surface area contributed by atoms with Gasteiger partial charge in [-0.05, 0) is 47.4 Å². The van der Waals surface area contributed by atoms with E-state index in [2.05, 4.69) is 55.5 Å². The first-order valence-electron chi connectivity index (χ1n) is 6.56. The van der Waals surface area contributed by atoms with Crippen LogP contribution in [0.3, 0.4) is 0 Å². The summed E-state index contributed by atoms with van der Waals surface area (Å²) in [5, 5.41) is 0. The Morgan fingerprint density at radius 2 is 1.71 bits per heavy atom. The van der Waals surface area contributed by atoms with Gasteiger partial charge in [0.25, 0.3) is 0 Å². The Balaban J connectivity index is 1.91. The summed E-state index contributed by atoms with van der Waals surface area (Å²) in [5.74, 6) is 0.853. The highest BCUT2D eigenvalue weighted by Gasteiger charge is 2.22. The van der Waals surface area contributed by atoms with Crippen molar-refractivity contribution in [3.8, 4) is 11.1 Å². The van der Waals surface area contributed by atoms with Crippen LogP contribution in [0.4, 0.5) is 0 Å². The maximum absolute atomic E-state index is 2.30. The summed E-state index contributed by atoms with van der Waals surface area (Å²) in [6, 6.07) is 18.0. The van der Waals surface area contributed by atoms with Crippen LogP contribution in [0.5, 0.6) is 0 Å². The fraction of sp³-hybridized carbons (Fsp3) is 0.294. The van der Waals surface area contributed by atoms with Gasteiger partial charge in [0.1, 0.15) is 0 Å². The lowest BCUT2D eigenvalue weighted by Crippen LogP contribution is -1.84. The highest BCUT2D eigenvalue weighted by atomic mass is 14.3. The van der Waals surface area contributed by atoms with Crippen molar-refractivity contribution in [3.05, 3.63) is 59.7 Å². The Hall–Kier alpha value is -1.56. The molecule has 0 heteroatoms. The van der Waals surface area contributed by atoms with E-state index in [1.54, 1.807) is 0 Å². The number of hydrogen-bond donors (Lipinski definition) is 0. The summed E-state index contributed by atoms with van der Waals surface area (Å²) >= 11 is 0. The lowest BCUT2D eigenvalue weighted by Gasteiger charge is -2.05. The number of aryl methyl sites for hydroxylation is 1. The summed E-state index contributed by atoms with van der Waals surface area (Å²) in [6.45, 7) is 2.20. The molecule has 0 radical (unpaired) electrons. The van der Waals surface area contributed by atoms with E-state index in [9.17, 15) is 0 Å². The van der Waals surface area contributed by atoms with E-state index < -0.39 is 0 Å². The summed E-state index contributed by atoms with van der Waals surface area (Å²) in [7, 11) is 0. The molecule has 0 heterocycles. The van der Waals surface area contributed by atoms with Crippen molar-refractivity contribution in [2.75, 3.05) is 0 Å². The van der Waals surface area contributed by atoms with Crippen LogP contribution in [0.1, 0.15) is 36.8 Å². The van der Waals surface area contributed by atoms with Gasteiger partial charge in [-0.15, -0.1) is 0 Å². The third-order valence-electron chi connectivity index (χ3n) is 3.63. The van der Waals surface area contributed by atoms with Crippen molar-refractivity contribution in [1.82, 2.24) is 0 Å². The lowest BCUT2D eigenvalue weighted by molar-refractivity contribution is 1.13. The quantitative estimate of drug-likeness (QED) is 0.700. The Morgan fingerprint density at radius 1 is 0.941 bits per heavy atom. The van der Waals surface area contributed by atoms with Crippen LogP contribution in [0.15, 0.2) is 48.5 Å². The first-order valence-corrected chi connectivity index (χ1v) is 6.56. The van der Waals surface area contributed by atoms with Gasteiger partial charge in [-0.2, -0.15) is 0 Å². The Kier molecular flexibility index (Phi) is 2.72. The molecule has 86 valence electrons. The first-order chi connectivity index (χ1) is 8.36. The highest BCUT2D eigenvalue weighted by Crippen LogP contribution is 2.40. The van der Waals surface area contributed by atoms with E-state index >= 15 is 0 Å². The van der Waals surface area contributed by atoms with Crippen LogP contribution in [-0.2, 0) is 6.42 Å². The molecule has 0 spiro atoms. The topological polar surface area (TPSA) is 0 Å². The molecule has 1 aliphatic carbocycles. The summed E-state index contributed by atoms with van der Waals surface area (Å²) in [6.07, 6.45) is 3.86. The largest absolute Gasteiger partial charge is 0.0614 e. The average molecular weight is 222 g/mol. The molecule has 2 aromatic carbocycles. The molecule has 0 N–H and O–H groups in total. The zero-order valence-corrected chi connectivity index (χ0v) is 10.3. The molecule has 0 nitrogen and oxygen atoms in total. The van der Waals surface area contributed by atoms with Gasteiger partial charge in [-0.3, -0.25) is 0 Å². The minimum absolute atomic E-state index is 0.853. The minimum Gasteiger partial charge on any atom is -0.0614 e. The normalized spacial score (nSPS) is 14.9. The third kappa shape index (κ3) is 2.26. The summed E-state index contributed by atoms with van der Waals surface area (Å²) in [4.78, 5) is 0. The van der Waals surface area contributed by atoms with E-state index in [0.717, 1.165) is 12.3 Å². The molecule has 0 unspecified atom stereocenters. The first kappa shape index (κ1) is 10.6. The van der Waals surface area contributed by atoms with Crippen LogP contribution in [0.25, 0.3) is 11.1 Å². The SMILES string of the molecule is CCc1cccc(-c2ccc(C3CC3)cc2)c1. The highest BCUT2D eigenvalue weighted by molar-refractivity contribution is 5.64. The summed E-state index contributed by atoms with van der Waals surface area (Å²) < 4.78 is 0. The molecule has 0 amide bonds. The van der Waals surface area contributed by atoms with E-state index in [1.807, 2.05) is 0 Å². The van der Waals surface area contributed by atoms with Gasteiger partial charge in [-0.25, -0.2) is 0 Å². The lowest BCUT2D eigenvalue weighted by atomic mass is 10.00. The van der Waals surface area contributed by atoms with Crippen molar-refractivity contribution in [2.45, 2.75) is 32.1 Å². The fourth-order valence-electron chi connectivity index (χ4n) is 2.34. The van der Waals surface area contributed by atoms with E-state index in [4.69, 9.17) is 0 Å². The molecule has 3 rings (SSSR count). The molecule has 0 bridgehead atoms. The second kappa shape index (κ2) is 4.37. The monoisotopic (exact) mass is 222 g/mol. The standard InChI is InChI=1S/C17H18/c1-2-13-4-3-5-17(12-13)16-10-8-15(9-11-16)14-6-7-14/h3-5,8-12,14H,2,6-7H2,1H3. The molecular weight excluding hydrogens is 204 g/mol. The van der Waals surface area contributed by atoms with E-state index in [0.29, 0.717) is 0 Å². The molecule has 0 aromatic heterocycles. The maximum atomic E-state index is 2.30. The van der Waals surface area contributed by atoms with E-state index in [-0.39, 0.29) is 0 Å². The van der Waals surface area contributed by atoms with Gasteiger partial charge >= 0.3 is 0 Å². The van der Waals surface area contributed by atoms with Gasteiger partial charge in [-0.1, -0.05) is 55.5 Å². The predicted molar refractivity (Wildman–Crippen MR) is 73.2 cm³/mol. The van der Waals surface area contributed by atoms with Crippen molar-refractivity contribution in [1.29, 1.82) is 0 Å². The molecule has 17 heavy (non-hydrogen) atoms. The Morgan fingerprint density at radius 3 is 2.35 bits per heavy atom. The second-order valence-corrected chi connectivity index (χ2v) is 4.95. The van der Waals surface area contributed by atoms with E-state index in [1.165, 1.54) is 35.1 Å². The van der Waals surface area contributed by atoms with Crippen LogP contribution in [0.2, 0.25) is 0 Å². The minimum atomic E-state index is 0.853.